The van der Waals surface area contributed by atoms with Crippen LogP contribution in [0.5, 0.6) is 0 Å². The van der Waals surface area contributed by atoms with Crippen LogP contribution in [0.1, 0.15) is 46.0 Å². The minimum Gasteiger partial charge on any atom is -0.313 e. The van der Waals surface area contributed by atoms with Gasteiger partial charge in [-0.3, -0.25) is 4.39 Å². The van der Waals surface area contributed by atoms with E-state index < -0.39 is 0 Å². The van der Waals surface area contributed by atoms with E-state index in [-0.39, 0.29) is 6.67 Å². The lowest BCUT2D eigenvalue weighted by molar-refractivity contribution is -0.0873. The molecular weight excluding hydrogens is 189 g/mol. The summed E-state index contributed by atoms with van der Waals surface area (Å²) < 4.78 is 12.1. The van der Waals surface area contributed by atoms with Crippen molar-refractivity contribution in [1.29, 1.82) is 0 Å². The van der Waals surface area contributed by atoms with Crippen LogP contribution in [0, 0.1) is 17.3 Å². The molecule has 2 aliphatic carbocycles. The Morgan fingerprint density at radius 3 is 2.73 bits per heavy atom. The third-order valence-electron chi connectivity index (χ3n) is 4.68. The minimum absolute atomic E-state index is 0.186. The molecule has 3 atom stereocenters. The van der Waals surface area contributed by atoms with Gasteiger partial charge < -0.3 is 5.32 Å². The Bertz CT molecular complexity index is 215. The highest BCUT2D eigenvalue weighted by molar-refractivity contribution is 5.08. The van der Waals surface area contributed by atoms with Crippen molar-refractivity contribution in [1.82, 2.24) is 5.32 Å². The zero-order chi connectivity index (χ0) is 10.9. The quantitative estimate of drug-likeness (QED) is 0.707. The van der Waals surface area contributed by atoms with Crippen LogP contribution in [0.2, 0.25) is 0 Å². The average Bonchev–Trinajstić information content (AvgIpc) is 2.24. The van der Waals surface area contributed by atoms with E-state index in [1.54, 1.807) is 0 Å². The molecule has 0 saturated heterocycles. The number of alkyl halides is 1. The zero-order valence-corrected chi connectivity index (χ0v) is 10.1. The molecule has 0 heterocycles. The molecule has 0 radical (unpaired) electrons. The van der Waals surface area contributed by atoms with Crippen LogP contribution < -0.4 is 5.32 Å². The number of nitrogens with one attached hydrogen (secondary N) is 1. The number of hydrogen-bond donors (Lipinski definition) is 1. The number of rotatable bonds is 4. The number of hydrogen-bond acceptors (Lipinski definition) is 1. The van der Waals surface area contributed by atoms with E-state index in [9.17, 15) is 4.39 Å². The van der Waals surface area contributed by atoms with Gasteiger partial charge in [0.1, 0.15) is 0 Å². The van der Waals surface area contributed by atoms with Gasteiger partial charge in [-0.15, -0.1) is 0 Å². The van der Waals surface area contributed by atoms with Gasteiger partial charge in [0.2, 0.25) is 0 Å². The second-order valence-electron chi connectivity index (χ2n) is 5.85. The van der Waals surface area contributed by atoms with E-state index in [4.69, 9.17) is 0 Å². The molecule has 1 unspecified atom stereocenters. The fraction of sp³-hybridized carbons (Fsp3) is 1.00. The maximum atomic E-state index is 12.1. The molecule has 0 spiro atoms. The largest absolute Gasteiger partial charge is 0.313 e. The molecule has 88 valence electrons. The SMILES string of the molecule is CC1(C)C(NCCCF)[C@@H]2CCCC[C@@H]21. The predicted octanol–water partition coefficient (Wildman–Crippen LogP) is 3.15. The average molecular weight is 213 g/mol. The van der Waals surface area contributed by atoms with Crippen LogP contribution in [0.15, 0.2) is 0 Å². The Labute approximate surface area is 92.8 Å². The van der Waals surface area contributed by atoms with Crippen molar-refractivity contribution in [3.63, 3.8) is 0 Å². The van der Waals surface area contributed by atoms with Crippen LogP contribution in [0.3, 0.4) is 0 Å². The van der Waals surface area contributed by atoms with Crippen LogP contribution in [-0.2, 0) is 0 Å². The lowest BCUT2D eigenvalue weighted by Crippen LogP contribution is -2.64. The molecule has 0 aromatic rings. The Morgan fingerprint density at radius 1 is 1.27 bits per heavy atom. The van der Waals surface area contributed by atoms with E-state index in [1.165, 1.54) is 25.7 Å². The molecular formula is C13H24FN. The molecule has 0 aromatic carbocycles. The lowest BCUT2D eigenvalue weighted by atomic mass is 9.48. The van der Waals surface area contributed by atoms with E-state index in [2.05, 4.69) is 19.2 Å². The van der Waals surface area contributed by atoms with Crippen molar-refractivity contribution < 1.29 is 4.39 Å². The van der Waals surface area contributed by atoms with E-state index in [1.807, 2.05) is 0 Å². The maximum Gasteiger partial charge on any atom is 0.0906 e. The molecule has 2 rings (SSSR count). The molecule has 15 heavy (non-hydrogen) atoms. The molecule has 1 nitrogen and oxygen atoms in total. The smallest absolute Gasteiger partial charge is 0.0906 e. The van der Waals surface area contributed by atoms with Gasteiger partial charge in [-0.25, -0.2) is 0 Å². The van der Waals surface area contributed by atoms with Gasteiger partial charge in [0.15, 0.2) is 0 Å². The van der Waals surface area contributed by atoms with Gasteiger partial charge in [0.05, 0.1) is 6.67 Å². The van der Waals surface area contributed by atoms with Crippen molar-refractivity contribution >= 4 is 0 Å². The van der Waals surface area contributed by atoms with Gasteiger partial charge in [-0.2, -0.15) is 0 Å². The highest BCUT2D eigenvalue weighted by Crippen LogP contribution is 2.57. The fourth-order valence-corrected chi connectivity index (χ4v) is 3.88. The van der Waals surface area contributed by atoms with Gasteiger partial charge in [-0.1, -0.05) is 26.7 Å². The van der Waals surface area contributed by atoms with E-state index in [0.717, 1.165) is 18.4 Å². The first kappa shape index (κ1) is 11.4. The maximum absolute atomic E-state index is 12.1. The summed E-state index contributed by atoms with van der Waals surface area (Å²) >= 11 is 0. The molecule has 2 heteroatoms. The molecule has 2 aliphatic rings. The summed E-state index contributed by atoms with van der Waals surface area (Å²) in [5.74, 6) is 1.81. The Hall–Kier alpha value is -0.110. The van der Waals surface area contributed by atoms with Crippen LogP contribution in [0.25, 0.3) is 0 Å². The molecule has 2 saturated carbocycles. The third-order valence-corrected chi connectivity index (χ3v) is 4.68. The van der Waals surface area contributed by atoms with Gasteiger partial charge in [0, 0.05) is 6.04 Å². The molecule has 0 bridgehead atoms. The monoisotopic (exact) mass is 213 g/mol. The molecule has 0 amide bonds. The molecule has 0 aromatic heterocycles. The third kappa shape index (κ3) is 1.93. The zero-order valence-electron chi connectivity index (χ0n) is 10.1. The lowest BCUT2D eigenvalue weighted by Gasteiger charge is -2.61. The first-order valence-electron chi connectivity index (χ1n) is 6.47. The highest BCUT2D eigenvalue weighted by atomic mass is 19.1. The van der Waals surface area contributed by atoms with E-state index >= 15 is 0 Å². The molecule has 1 N–H and O–H groups in total. The first-order valence-corrected chi connectivity index (χ1v) is 6.47. The topological polar surface area (TPSA) is 12.0 Å². The summed E-state index contributed by atoms with van der Waals surface area (Å²) in [6, 6.07) is 0.648. The number of halogens is 1. The standard InChI is InChI=1S/C13H24FN/c1-13(2)11-7-4-3-6-10(11)12(13)15-9-5-8-14/h10-12,15H,3-9H2,1-2H3/t10-,11+,12?/m1/s1. The van der Waals surface area contributed by atoms with Crippen LogP contribution in [0.4, 0.5) is 4.39 Å². The Balaban J connectivity index is 1.87. The molecule has 2 fully saturated rings. The predicted molar refractivity (Wildman–Crippen MR) is 61.6 cm³/mol. The van der Waals surface area contributed by atoms with Crippen molar-refractivity contribution in [3.05, 3.63) is 0 Å². The van der Waals surface area contributed by atoms with Crippen LogP contribution in [-0.4, -0.2) is 19.3 Å². The van der Waals surface area contributed by atoms with Crippen LogP contribution >= 0.6 is 0 Å². The fourth-order valence-electron chi connectivity index (χ4n) is 3.88. The van der Waals surface area contributed by atoms with E-state index in [0.29, 0.717) is 17.9 Å². The van der Waals surface area contributed by atoms with Crippen molar-refractivity contribution in [2.45, 2.75) is 52.0 Å². The molecule has 0 aliphatic heterocycles. The first-order chi connectivity index (χ1) is 7.18. The summed E-state index contributed by atoms with van der Waals surface area (Å²) in [4.78, 5) is 0. The summed E-state index contributed by atoms with van der Waals surface area (Å²) in [6.07, 6.45) is 6.30. The summed E-state index contributed by atoms with van der Waals surface area (Å²) in [7, 11) is 0. The van der Waals surface area contributed by atoms with Crippen molar-refractivity contribution in [2.24, 2.45) is 17.3 Å². The second-order valence-corrected chi connectivity index (χ2v) is 5.85. The van der Waals surface area contributed by atoms with Crippen molar-refractivity contribution in [2.75, 3.05) is 13.2 Å². The summed E-state index contributed by atoms with van der Waals surface area (Å²) in [6.45, 7) is 5.43. The Morgan fingerprint density at radius 2 is 2.00 bits per heavy atom. The normalized spacial score (nSPS) is 38.2. The highest BCUT2D eigenvalue weighted by Gasteiger charge is 2.55. The van der Waals surface area contributed by atoms with Crippen molar-refractivity contribution in [3.8, 4) is 0 Å². The minimum atomic E-state index is -0.186. The van der Waals surface area contributed by atoms with Gasteiger partial charge in [-0.05, 0) is 43.1 Å². The summed E-state index contributed by atoms with van der Waals surface area (Å²) in [5, 5.41) is 3.57. The number of fused-ring (bicyclic) bond motifs is 1. The van der Waals surface area contributed by atoms with Gasteiger partial charge in [0.25, 0.3) is 0 Å². The van der Waals surface area contributed by atoms with Gasteiger partial charge >= 0.3 is 0 Å². The summed E-state index contributed by atoms with van der Waals surface area (Å²) in [5.41, 5.74) is 0.446. The second kappa shape index (κ2) is 4.40. The Kier molecular flexibility index (Phi) is 3.34.